The van der Waals surface area contributed by atoms with E-state index in [2.05, 4.69) is 44.3 Å². The molecule has 174 valence electrons. The number of hydrogen-bond acceptors (Lipinski definition) is 7. The predicted octanol–water partition coefficient (Wildman–Crippen LogP) is 3.37. The lowest BCUT2D eigenvalue weighted by molar-refractivity contribution is 0.298. The lowest BCUT2D eigenvalue weighted by Gasteiger charge is -2.34. The Morgan fingerprint density at radius 2 is 1.71 bits per heavy atom. The molecule has 1 saturated heterocycles. The molecule has 1 fully saturated rings. The zero-order valence-electron chi connectivity index (χ0n) is 19.2. The number of piperazine rings is 1. The highest BCUT2D eigenvalue weighted by Gasteiger charge is 2.14. The van der Waals surface area contributed by atoms with Crippen molar-refractivity contribution in [2.75, 3.05) is 50.1 Å². The molecular formula is C26H28N6O2. The Morgan fingerprint density at radius 3 is 2.47 bits per heavy atom. The Labute approximate surface area is 198 Å². The largest absolute Gasteiger partial charge is 0.492 e. The van der Waals surface area contributed by atoms with Gasteiger partial charge in [0, 0.05) is 55.2 Å². The minimum Gasteiger partial charge on any atom is -0.492 e. The topological polar surface area (TPSA) is 75.5 Å². The molecule has 1 N–H and O–H groups in total. The Hall–Kier alpha value is -3.91. The molecule has 4 aromatic rings. The second kappa shape index (κ2) is 9.93. The number of anilines is 3. The van der Waals surface area contributed by atoms with Crippen molar-refractivity contribution in [2.45, 2.75) is 6.54 Å². The van der Waals surface area contributed by atoms with Gasteiger partial charge in [-0.3, -0.25) is 9.36 Å². The van der Waals surface area contributed by atoms with Crippen LogP contribution in [0.4, 0.5) is 17.3 Å². The van der Waals surface area contributed by atoms with Gasteiger partial charge in [0.15, 0.2) is 0 Å². The van der Waals surface area contributed by atoms with Crippen LogP contribution in [-0.2, 0) is 6.54 Å². The van der Waals surface area contributed by atoms with E-state index in [4.69, 9.17) is 4.74 Å². The first kappa shape index (κ1) is 21.9. The third-order valence-electron chi connectivity index (χ3n) is 6.04. The molecule has 3 heterocycles. The molecular weight excluding hydrogens is 428 g/mol. The van der Waals surface area contributed by atoms with Gasteiger partial charge in [-0.25, -0.2) is 4.98 Å². The van der Waals surface area contributed by atoms with Crippen molar-refractivity contribution in [3.8, 4) is 5.75 Å². The molecule has 1 aliphatic heterocycles. The third kappa shape index (κ3) is 5.02. The molecule has 1 aliphatic rings. The van der Waals surface area contributed by atoms with E-state index in [0.29, 0.717) is 24.7 Å². The van der Waals surface area contributed by atoms with Crippen LogP contribution in [0.25, 0.3) is 11.0 Å². The van der Waals surface area contributed by atoms with Crippen LogP contribution in [0.2, 0.25) is 0 Å². The molecule has 8 heteroatoms. The number of hydrogen-bond donors (Lipinski definition) is 1. The first-order valence-corrected chi connectivity index (χ1v) is 11.5. The van der Waals surface area contributed by atoms with Gasteiger partial charge < -0.3 is 19.9 Å². The van der Waals surface area contributed by atoms with Crippen molar-refractivity contribution in [3.05, 3.63) is 83.3 Å². The highest BCUT2D eigenvalue weighted by atomic mass is 16.5. The van der Waals surface area contributed by atoms with Crippen molar-refractivity contribution in [2.24, 2.45) is 0 Å². The summed E-state index contributed by atoms with van der Waals surface area (Å²) in [6.07, 6.45) is 1.73. The normalized spacial score (nSPS) is 14.3. The summed E-state index contributed by atoms with van der Waals surface area (Å²) in [5.41, 5.74) is 2.57. The molecule has 0 saturated carbocycles. The summed E-state index contributed by atoms with van der Waals surface area (Å²) in [6.45, 7) is 4.96. The highest BCUT2D eigenvalue weighted by molar-refractivity contribution is 5.75. The fraction of sp³-hybridized carbons (Fsp3) is 0.269. The van der Waals surface area contributed by atoms with E-state index in [0.717, 1.165) is 43.0 Å². The maximum atomic E-state index is 12.6. The molecule has 5 rings (SSSR count). The smallest absolute Gasteiger partial charge is 0.252 e. The highest BCUT2D eigenvalue weighted by Crippen LogP contribution is 2.21. The van der Waals surface area contributed by atoms with Crippen LogP contribution in [0.1, 0.15) is 0 Å². The number of benzene rings is 2. The van der Waals surface area contributed by atoms with E-state index in [-0.39, 0.29) is 5.56 Å². The Balaban J connectivity index is 1.31. The van der Waals surface area contributed by atoms with Crippen LogP contribution in [0.5, 0.6) is 5.75 Å². The van der Waals surface area contributed by atoms with Crippen LogP contribution in [0.3, 0.4) is 0 Å². The predicted molar refractivity (Wildman–Crippen MR) is 135 cm³/mol. The summed E-state index contributed by atoms with van der Waals surface area (Å²) in [6, 6.07) is 21.2. The van der Waals surface area contributed by atoms with Crippen LogP contribution in [-0.4, -0.2) is 59.3 Å². The van der Waals surface area contributed by atoms with E-state index < -0.39 is 0 Å². The SMILES string of the molecule is CN1CCN(c2ccc(Nc3ncc4ccc(=O)n(CCOc5ccccc5)c4n3)cc2)CC1. The summed E-state index contributed by atoms with van der Waals surface area (Å²) >= 11 is 0. The molecule has 0 amide bonds. The number of likely N-dealkylation sites (N-methyl/N-ethyl adjacent to an activating group) is 1. The zero-order chi connectivity index (χ0) is 23.3. The van der Waals surface area contributed by atoms with E-state index in [1.807, 2.05) is 42.5 Å². The number of nitrogens with zero attached hydrogens (tertiary/aromatic N) is 5. The Kier molecular flexibility index (Phi) is 6.40. The van der Waals surface area contributed by atoms with Gasteiger partial charge in [0.25, 0.3) is 5.56 Å². The quantitative estimate of drug-likeness (QED) is 0.457. The molecule has 0 atom stereocenters. The summed E-state index contributed by atoms with van der Waals surface area (Å²) in [7, 11) is 2.16. The maximum Gasteiger partial charge on any atom is 0.252 e. The molecule has 0 radical (unpaired) electrons. The second-order valence-electron chi connectivity index (χ2n) is 8.42. The van der Waals surface area contributed by atoms with Gasteiger partial charge in [0.05, 0.1) is 6.54 Å². The van der Waals surface area contributed by atoms with Gasteiger partial charge in [0.1, 0.15) is 18.0 Å². The molecule has 0 spiro atoms. The van der Waals surface area contributed by atoms with E-state index in [1.54, 1.807) is 22.9 Å². The Morgan fingerprint density at radius 1 is 0.941 bits per heavy atom. The number of aromatic nitrogens is 3. The molecule has 34 heavy (non-hydrogen) atoms. The van der Waals surface area contributed by atoms with Crippen molar-refractivity contribution in [1.82, 2.24) is 19.4 Å². The van der Waals surface area contributed by atoms with E-state index in [1.165, 1.54) is 5.69 Å². The summed E-state index contributed by atoms with van der Waals surface area (Å²) in [4.78, 5) is 26.4. The summed E-state index contributed by atoms with van der Waals surface area (Å²) < 4.78 is 7.41. The van der Waals surface area contributed by atoms with Crippen LogP contribution in [0.15, 0.2) is 77.7 Å². The molecule has 2 aromatic carbocycles. The standard InChI is InChI=1S/C26H28N6O2/c1-30-13-15-31(16-14-30)22-10-8-21(9-11-22)28-26-27-19-20-7-12-24(33)32(25(20)29-26)17-18-34-23-5-3-2-4-6-23/h2-12,19H,13-18H2,1H3,(H,27,28,29). The first-order chi connectivity index (χ1) is 16.7. The fourth-order valence-electron chi connectivity index (χ4n) is 4.07. The number of fused-ring (bicyclic) bond motifs is 1. The van der Waals surface area contributed by atoms with Gasteiger partial charge in [-0.15, -0.1) is 0 Å². The van der Waals surface area contributed by atoms with Crippen molar-refractivity contribution in [3.63, 3.8) is 0 Å². The van der Waals surface area contributed by atoms with Crippen molar-refractivity contribution >= 4 is 28.4 Å². The molecule has 0 bridgehead atoms. The average Bonchev–Trinajstić information content (AvgIpc) is 2.87. The number of para-hydroxylation sites is 1. The summed E-state index contributed by atoms with van der Waals surface area (Å²) in [5.74, 6) is 1.22. The van der Waals surface area contributed by atoms with Gasteiger partial charge in [-0.05, 0) is 49.5 Å². The molecule has 2 aromatic heterocycles. The Bertz CT molecular complexity index is 1300. The number of ether oxygens (including phenoxy) is 1. The number of nitrogens with one attached hydrogen (secondary N) is 1. The van der Waals surface area contributed by atoms with Gasteiger partial charge in [-0.1, -0.05) is 18.2 Å². The van der Waals surface area contributed by atoms with Crippen LogP contribution in [0, 0.1) is 0 Å². The fourth-order valence-corrected chi connectivity index (χ4v) is 4.07. The van der Waals surface area contributed by atoms with Gasteiger partial charge in [0.2, 0.25) is 5.95 Å². The lowest BCUT2D eigenvalue weighted by Crippen LogP contribution is -2.44. The average molecular weight is 457 g/mol. The van der Waals surface area contributed by atoms with E-state index >= 15 is 0 Å². The molecule has 0 unspecified atom stereocenters. The number of rotatable bonds is 7. The minimum absolute atomic E-state index is 0.120. The summed E-state index contributed by atoms with van der Waals surface area (Å²) in [5, 5.41) is 4.07. The molecule has 8 nitrogen and oxygen atoms in total. The molecule has 0 aliphatic carbocycles. The minimum atomic E-state index is -0.120. The van der Waals surface area contributed by atoms with Crippen LogP contribution < -0.4 is 20.5 Å². The van der Waals surface area contributed by atoms with Crippen molar-refractivity contribution in [1.29, 1.82) is 0 Å². The number of pyridine rings is 1. The zero-order valence-corrected chi connectivity index (χ0v) is 19.2. The lowest BCUT2D eigenvalue weighted by atomic mass is 10.2. The second-order valence-corrected chi connectivity index (χ2v) is 8.42. The monoisotopic (exact) mass is 456 g/mol. The third-order valence-corrected chi connectivity index (χ3v) is 6.04. The maximum absolute atomic E-state index is 12.6. The van der Waals surface area contributed by atoms with Crippen LogP contribution >= 0.6 is 0 Å². The van der Waals surface area contributed by atoms with Gasteiger partial charge in [-0.2, -0.15) is 4.98 Å². The van der Waals surface area contributed by atoms with Crippen molar-refractivity contribution < 1.29 is 4.74 Å². The van der Waals surface area contributed by atoms with Gasteiger partial charge >= 0.3 is 0 Å². The van der Waals surface area contributed by atoms with E-state index in [9.17, 15) is 4.79 Å². The first-order valence-electron chi connectivity index (χ1n) is 11.5.